The van der Waals surface area contributed by atoms with Crippen LogP contribution in [0.5, 0.6) is 0 Å². The molecule has 2 N–H and O–H groups in total. The predicted octanol–water partition coefficient (Wildman–Crippen LogP) is 8.39. The first-order chi connectivity index (χ1) is 13.8. The van der Waals surface area contributed by atoms with Crippen LogP contribution < -0.4 is 5.73 Å². The van der Waals surface area contributed by atoms with Gasteiger partial charge in [0, 0.05) is 13.1 Å². The van der Waals surface area contributed by atoms with Gasteiger partial charge >= 0.3 is 0 Å². The van der Waals surface area contributed by atoms with Gasteiger partial charge in [-0.3, -0.25) is 9.41 Å². The van der Waals surface area contributed by atoms with Gasteiger partial charge in [-0.2, -0.15) is 0 Å². The van der Waals surface area contributed by atoms with E-state index in [1.165, 1.54) is 142 Å². The van der Waals surface area contributed by atoms with Crippen molar-refractivity contribution in [2.24, 2.45) is 5.73 Å². The van der Waals surface area contributed by atoms with Crippen LogP contribution >= 0.6 is 0 Å². The van der Waals surface area contributed by atoms with Gasteiger partial charge in [0.15, 0.2) is 0 Å². The van der Waals surface area contributed by atoms with Gasteiger partial charge in [0.05, 0.1) is 0 Å². The molecule has 0 saturated heterocycles. The summed E-state index contributed by atoms with van der Waals surface area (Å²) in [5.41, 5.74) is 5.83. The maximum atomic E-state index is 5.83. The molecule has 30 heavy (non-hydrogen) atoms. The molecular formula is C26H58F2N2. The van der Waals surface area contributed by atoms with Crippen molar-refractivity contribution < 1.29 is 9.41 Å². The number of hydrogen-bond donors (Lipinski definition) is 1. The highest BCUT2D eigenvalue weighted by Crippen LogP contribution is 2.12. The molecule has 0 bridgehead atoms. The summed E-state index contributed by atoms with van der Waals surface area (Å²) < 4.78 is 0. The van der Waals surface area contributed by atoms with Gasteiger partial charge in [0.1, 0.15) is 0 Å². The summed E-state index contributed by atoms with van der Waals surface area (Å²) in [6.07, 6.45) is 28.5. The molecule has 0 aromatic carbocycles. The molecule has 186 valence electrons. The lowest BCUT2D eigenvalue weighted by atomic mass is 10.1. The van der Waals surface area contributed by atoms with Crippen molar-refractivity contribution in [1.82, 2.24) is 4.90 Å². The molecule has 0 aromatic rings. The second-order valence-corrected chi connectivity index (χ2v) is 8.99. The van der Waals surface area contributed by atoms with Crippen LogP contribution in [0, 0.1) is 0 Å². The molecule has 0 atom stereocenters. The minimum absolute atomic E-state index is 0. The van der Waals surface area contributed by atoms with Crippen LogP contribution in [-0.2, 0) is 0 Å². The Morgan fingerprint density at radius 2 is 0.667 bits per heavy atom. The first-order valence-electron chi connectivity index (χ1n) is 13.3. The minimum atomic E-state index is 0. The molecular weight excluding hydrogens is 378 g/mol. The van der Waals surface area contributed by atoms with Gasteiger partial charge in [-0.05, 0) is 25.9 Å². The first-order valence-corrected chi connectivity index (χ1v) is 13.3. The lowest BCUT2D eigenvalue weighted by molar-refractivity contribution is 0.267. The largest absolute Gasteiger partial charge is 0.329 e. The van der Waals surface area contributed by atoms with Crippen molar-refractivity contribution >= 4 is 0 Å². The van der Waals surface area contributed by atoms with E-state index in [-0.39, 0.29) is 9.41 Å². The van der Waals surface area contributed by atoms with Gasteiger partial charge in [-0.1, -0.05) is 129 Å². The second-order valence-electron chi connectivity index (χ2n) is 8.99. The molecule has 0 aliphatic heterocycles. The van der Waals surface area contributed by atoms with Crippen molar-refractivity contribution in [1.29, 1.82) is 0 Å². The molecule has 0 radical (unpaired) electrons. The summed E-state index contributed by atoms with van der Waals surface area (Å²) >= 11 is 0. The van der Waals surface area contributed by atoms with Gasteiger partial charge in [-0.15, -0.1) is 0 Å². The summed E-state index contributed by atoms with van der Waals surface area (Å²) in [7, 11) is 0. The second kappa shape index (κ2) is 31.0. The fourth-order valence-corrected chi connectivity index (χ4v) is 4.16. The third-order valence-electron chi connectivity index (χ3n) is 6.10. The van der Waals surface area contributed by atoms with Crippen LogP contribution in [0.2, 0.25) is 0 Å². The quantitative estimate of drug-likeness (QED) is 0.154. The molecule has 0 aliphatic carbocycles. The Morgan fingerprint density at radius 1 is 0.400 bits per heavy atom. The molecule has 0 unspecified atom stereocenters. The smallest absolute Gasteiger partial charge is 0.0105 e. The van der Waals surface area contributed by atoms with Crippen molar-refractivity contribution in [2.75, 3.05) is 26.2 Å². The average molecular weight is 437 g/mol. The topological polar surface area (TPSA) is 29.3 Å². The van der Waals surface area contributed by atoms with E-state index >= 15 is 0 Å². The Labute approximate surface area is 188 Å². The highest BCUT2D eigenvalue weighted by molar-refractivity contribution is 4.60. The van der Waals surface area contributed by atoms with Gasteiger partial charge in [-0.25, -0.2) is 0 Å². The molecule has 0 aromatic heterocycles. The fraction of sp³-hybridized carbons (Fsp3) is 1.00. The molecule has 0 amide bonds. The Morgan fingerprint density at radius 3 is 0.933 bits per heavy atom. The summed E-state index contributed by atoms with van der Waals surface area (Å²) in [5.74, 6) is 0. The molecule has 0 heterocycles. The van der Waals surface area contributed by atoms with Crippen molar-refractivity contribution in [2.45, 2.75) is 142 Å². The van der Waals surface area contributed by atoms with E-state index in [9.17, 15) is 0 Å². The number of rotatable bonds is 24. The zero-order valence-corrected chi connectivity index (χ0v) is 20.8. The normalized spacial score (nSPS) is 10.8. The maximum Gasteiger partial charge on any atom is 0.0105 e. The Balaban J connectivity index is -0.00000364. The third kappa shape index (κ3) is 27.8. The number of halogens is 2. The highest BCUT2D eigenvalue weighted by atomic mass is 19.0. The zero-order valence-electron chi connectivity index (χ0n) is 20.8. The number of hydrogen-bond acceptors (Lipinski definition) is 2. The lowest BCUT2D eigenvalue weighted by Gasteiger charge is -2.21. The van der Waals surface area contributed by atoms with Crippen LogP contribution in [0.4, 0.5) is 9.41 Å². The molecule has 0 rings (SSSR count). The van der Waals surface area contributed by atoms with Crippen LogP contribution in [0.15, 0.2) is 0 Å². The summed E-state index contributed by atoms with van der Waals surface area (Å²) in [6.45, 7) is 9.04. The Hall–Kier alpha value is -0.220. The highest BCUT2D eigenvalue weighted by Gasteiger charge is 2.03. The molecule has 2 nitrogen and oxygen atoms in total. The molecule has 0 aliphatic rings. The third-order valence-corrected chi connectivity index (χ3v) is 6.10. The minimum Gasteiger partial charge on any atom is -0.329 e. The molecule has 4 heteroatoms. The van der Waals surface area contributed by atoms with Crippen molar-refractivity contribution in [3.63, 3.8) is 0 Å². The van der Waals surface area contributed by atoms with Crippen molar-refractivity contribution in [3.05, 3.63) is 0 Å². The maximum absolute atomic E-state index is 5.83. The number of unbranched alkanes of at least 4 members (excludes halogenated alkanes) is 18. The van der Waals surface area contributed by atoms with E-state index in [2.05, 4.69) is 18.7 Å². The van der Waals surface area contributed by atoms with Crippen LogP contribution in [0.25, 0.3) is 0 Å². The fourth-order valence-electron chi connectivity index (χ4n) is 4.16. The van der Waals surface area contributed by atoms with Gasteiger partial charge in [0.2, 0.25) is 0 Å². The average Bonchev–Trinajstić information content (AvgIpc) is 2.70. The van der Waals surface area contributed by atoms with Crippen LogP contribution in [0.1, 0.15) is 142 Å². The van der Waals surface area contributed by atoms with Crippen molar-refractivity contribution in [3.8, 4) is 0 Å². The van der Waals surface area contributed by atoms with E-state index in [0.29, 0.717) is 0 Å². The van der Waals surface area contributed by atoms with E-state index in [1.807, 2.05) is 0 Å². The van der Waals surface area contributed by atoms with Gasteiger partial charge in [0.25, 0.3) is 0 Å². The first kappa shape index (κ1) is 34.4. The van der Waals surface area contributed by atoms with E-state index in [0.717, 1.165) is 13.1 Å². The SMILES string of the molecule is CCCCCCCCCCCCN(CCN)CCCCCCCCCCCC.F.F. The summed E-state index contributed by atoms with van der Waals surface area (Å²) in [6, 6.07) is 0. The standard InChI is InChI=1S/C26H56N2.2FH/c1-3-5-7-9-11-13-15-17-19-21-24-28(26-23-27)25-22-20-18-16-14-12-10-8-6-4-2;;/h3-27H2,1-2H3;2*1H. The molecule has 0 saturated carbocycles. The zero-order chi connectivity index (χ0) is 20.5. The predicted molar refractivity (Wildman–Crippen MR) is 134 cm³/mol. The van der Waals surface area contributed by atoms with Crippen LogP contribution in [-0.4, -0.2) is 31.1 Å². The summed E-state index contributed by atoms with van der Waals surface area (Å²) in [5, 5.41) is 0. The van der Waals surface area contributed by atoms with E-state index < -0.39 is 0 Å². The lowest BCUT2D eigenvalue weighted by Crippen LogP contribution is -2.31. The number of nitrogens with two attached hydrogens (primary N) is 1. The summed E-state index contributed by atoms with van der Waals surface area (Å²) in [4.78, 5) is 2.62. The van der Waals surface area contributed by atoms with E-state index in [1.54, 1.807) is 0 Å². The van der Waals surface area contributed by atoms with Crippen LogP contribution in [0.3, 0.4) is 0 Å². The van der Waals surface area contributed by atoms with Gasteiger partial charge < -0.3 is 10.6 Å². The monoisotopic (exact) mass is 436 g/mol. The number of nitrogens with zero attached hydrogens (tertiary/aromatic N) is 1. The molecule has 0 spiro atoms. The molecule has 0 fully saturated rings. The Bertz CT molecular complexity index is 254. The Kier molecular flexibility index (Phi) is 35.5. The van der Waals surface area contributed by atoms with E-state index in [4.69, 9.17) is 5.73 Å².